The van der Waals surface area contributed by atoms with Gasteiger partial charge in [-0.1, -0.05) is 96.1 Å². The number of anilines is 1. The first kappa shape index (κ1) is 24.0. The molecule has 2 heteroatoms. The van der Waals surface area contributed by atoms with Crippen LogP contribution in [0.3, 0.4) is 0 Å². The van der Waals surface area contributed by atoms with Gasteiger partial charge < -0.3 is 9.47 Å². The molecule has 1 atom stereocenters. The van der Waals surface area contributed by atoms with E-state index in [2.05, 4.69) is 132 Å². The summed E-state index contributed by atoms with van der Waals surface area (Å²) in [6, 6.07) is 25.2. The second kappa shape index (κ2) is 8.43. The first-order valence-electron chi connectivity index (χ1n) is 13.4. The van der Waals surface area contributed by atoms with Gasteiger partial charge in [-0.05, 0) is 60.8 Å². The molecule has 1 aliphatic heterocycles. The standard InChI is InChI=1S/C33H42N2/c1-22(2)24-16-13-17-25(23(3)4)31(24)35-30(32(5,6)21-33(35,7)8)20-34-28-18-11-9-14-26(28)27-15-10-12-19-29(27)34/h9-19,22-23,30H,20-21H2,1-8H3. The van der Waals surface area contributed by atoms with Crippen LogP contribution in [0.1, 0.15) is 84.8 Å². The Balaban J connectivity index is 1.74. The number of benzene rings is 3. The molecule has 3 aromatic carbocycles. The fourth-order valence-electron chi connectivity index (χ4n) is 7.04. The summed E-state index contributed by atoms with van der Waals surface area (Å²) < 4.78 is 2.60. The maximum Gasteiger partial charge on any atom is 0.0526 e. The second-order valence-electron chi connectivity index (χ2n) is 12.6. The van der Waals surface area contributed by atoms with E-state index in [0.717, 1.165) is 6.54 Å². The molecule has 184 valence electrons. The maximum absolute atomic E-state index is 2.83. The van der Waals surface area contributed by atoms with Crippen molar-refractivity contribution in [3.63, 3.8) is 0 Å². The third kappa shape index (κ3) is 3.86. The zero-order valence-corrected chi connectivity index (χ0v) is 22.9. The van der Waals surface area contributed by atoms with Crippen LogP contribution in [-0.4, -0.2) is 16.1 Å². The number of hydrogen-bond donors (Lipinski definition) is 0. The molecule has 1 aromatic heterocycles. The molecule has 1 unspecified atom stereocenters. The Kier molecular flexibility index (Phi) is 5.78. The zero-order chi connectivity index (χ0) is 25.1. The highest BCUT2D eigenvalue weighted by molar-refractivity contribution is 6.08. The molecular weight excluding hydrogens is 424 g/mol. The van der Waals surface area contributed by atoms with E-state index < -0.39 is 0 Å². The molecule has 0 amide bonds. The van der Waals surface area contributed by atoms with Crippen LogP contribution in [0.4, 0.5) is 5.69 Å². The van der Waals surface area contributed by atoms with E-state index in [1.807, 2.05) is 0 Å². The fraction of sp³-hybridized carbons (Fsp3) is 0.455. The molecule has 0 bridgehead atoms. The SMILES string of the molecule is CC(C)c1cccc(C(C)C)c1N1C(Cn2c3ccccc3c3ccccc32)C(C)(C)CC1(C)C. The summed E-state index contributed by atoms with van der Waals surface area (Å²) in [6.07, 6.45) is 1.17. The minimum atomic E-state index is 0.0710. The predicted molar refractivity (Wildman–Crippen MR) is 153 cm³/mol. The van der Waals surface area contributed by atoms with E-state index in [1.165, 1.54) is 45.0 Å². The number of aromatic nitrogens is 1. The molecule has 0 aliphatic carbocycles. The first-order chi connectivity index (χ1) is 16.5. The van der Waals surface area contributed by atoms with Crippen molar-refractivity contribution in [3.8, 4) is 0 Å². The number of nitrogens with zero attached hydrogens (tertiary/aromatic N) is 2. The van der Waals surface area contributed by atoms with Crippen molar-refractivity contribution < 1.29 is 0 Å². The van der Waals surface area contributed by atoms with E-state index >= 15 is 0 Å². The van der Waals surface area contributed by atoms with Crippen LogP contribution in [-0.2, 0) is 6.54 Å². The van der Waals surface area contributed by atoms with Crippen LogP contribution in [0.5, 0.6) is 0 Å². The van der Waals surface area contributed by atoms with Crippen LogP contribution >= 0.6 is 0 Å². The first-order valence-corrected chi connectivity index (χ1v) is 13.4. The molecule has 0 spiro atoms. The summed E-state index contributed by atoms with van der Waals surface area (Å²) in [5.41, 5.74) is 7.38. The van der Waals surface area contributed by atoms with Gasteiger partial charge in [0.1, 0.15) is 0 Å². The quantitative estimate of drug-likeness (QED) is 0.285. The Morgan fingerprint density at radius 1 is 0.714 bits per heavy atom. The van der Waals surface area contributed by atoms with Gasteiger partial charge in [-0.3, -0.25) is 0 Å². The Hall–Kier alpha value is -2.74. The smallest absolute Gasteiger partial charge is 0.0526 e. The van der Waals surface area contributed by atoms with Crippen molar-refractivity contribution in [2.45, 2.75) is 91.8 Å². The third-order valence-corrected chi connectivity index (χ3v) is 8.37. The molecule has 4 aromatic rings. The highest BCUT2D eigenvalue weighted by Gasteiger charge is 2.52. The largest absolute Gasteiger partial charge is 0.361 e. The monoisotopic (exact) mass is 466 g/mol. The number of para-hydroxylation sites is 3. The molecular formula is C33H42N2. The summed E-state index contributed by atoms with van der Waals surface area (Å²) in [4.78, 5) is 2.83. The van der Waals surface area contributed by atoms with Crippen LogP contribution < -0.4 is 4.90 Å². The van der Waals surface area contributed by atoms with E-state index in [4.69, 9.17) is 0 Å². The van der Waals surface area contributed by atoms with Gasteiger partial charge in [-0.25, -0.2) is 0 Å². The van der Waals surface area contributed by atoms with Gasteiger partial charge in [-0.2, -0.15) is 0 Å². The van der Waals surface area contributed by atoms with E-state index in [1.54, 1.807) is 0 Å². The Morgan fingerprint density at radius 3 is 1.69 bits per heavy atom. The zero-order valence-electron chi connectivity index (χ0n) is 22.9. The fourth-order valence-corrected chi connectivity index (χ4v) is 7.04. The molecule has 35 heavy (non-hydrogen) atoms. The molecule has 0 saturated carbocycles. The summed E-state index contributed by atoms with van der Waals surface area (Å²) >= 11 is 0. The lowest BCUT2D eigenvalue weighted by molar-refractivity contribution is 0.298. The van der Waals surface area contributed by atoms with E-state index in [9.17, 15) is 0 Å². The van der Waals surface area contributed by atoms with Crippen molar-refractivity contribution in [1.82, 2.24) is 4.57 Å². The van der Waals surface area contributed by atoms with Crippen LogP contribution in [0.15, 0.2) is 66.7 Å². The molecule has 2 heterocycles. The van der Waals surface area contributed by atoms with Gasteiger partial charge in [-0.15, -0.1) is 0 Å². The molecule has 0 radical (unpaired) electrons. The van der Waals surface area contributed by atoms with Gasteiger partial charge >= 0.3 is 0 Å². The second-order valence-corrected chi connectivity index (χ2v) is 12.6. The van der Waals surface area contributed by atoms with Crippen LogP contribution in [0, 0.1) is 5.41 Å². The van der Waals surface area contributed by atoms with Crippen molar-refractivity contribution in [2.75, 3.05) is 4.90 Å². The normalized spacial score (nSPS) is 19.5. The van der Waals surface area contributed by atoms with Gasteiger partial charge in [0.15, 0.2) is 0 Å². The molecule has 1 fully saturated rings. The van der Waals surface area contributed by atoms with E-state index in [0.29, 0.717) is 17.9 Å². The lowest BCUT2D eigenvalue weighted by Gasteiger charge is -2.43. The van der Waals surface area contributed by atoms with Crippen molar-refractivity contribution >= 4 is 27.5 Å². The predicted octanol–water partition coefficient (Wildman–Crippen LogP) is 9.12. The van der Waals surface area contributed by atoms with Crippen molar-refractivity contribution in [1.29, 1.82) is 0 Å². The topological polar surface area (TPSA) is 8.17 Å². The molecule has 0 N–H and O–H groups in total. The van der Waals surface area contributed by atoms with Crippen molar-refractivity contribution in [2.24, 2.45) is 5.41 Å². The average molecular weight is 467 g/mol. The molecule has 5 rings (SSSR count). The average Bonchev–Trinajstić information content (AvgIpc) is 3.20. The molecule has 1 aliphatic rings. The van der Waals surface area contributed by atoms with E-state index in [-0.39, 0.29) is 11.0 Å². The summed E-state index contributed by atoms with van der Waals surface area (Å²) in [6.45, 7) is 20.3. The van der Waals surface area contributed by atoms with Gasteiger partial charge in [0.2, 0.25) is 0 Å². The minimum absolute atomic E-state index is 0.0710. The van der Waals surface area contributed by atoms with Crippen LogP contribution in [0.25, 0.3) is 21.8 Å². The summed E-state index contributed by atoms with van der Waals surface area (Å²) in [5.74, 6) is 0.967. The highest BCUT2D eigenvalue weighted by Crippen LogP contribution is 2.52. The lowest BCUT2D eigenvalue weighted by atomic mass is 9.81. The van der Waals surface area contributed by atoms with Crippen LogP contribution in [0.2, 0.25) is 0 Å². The van der Waals surface area contributed by atoms with Gasteiger partial charge in [0.05, 0.1) is 6.04 Å². The number of hydrogen-bond acceptors (Lipinski definition) is 1. The van der Waals surface area contributed by atoms with Crippen molar-refractivity contribution in [3.05, 3.63) is 77.9 Å². The summed E-state index contributed by atoms with van der Waals surface area (Å²) in [7, 11) is 0. The Labute approximate surface area is 211 Å². The third-order valence-electron chi connectivity index (χ3n) is 8.37. The minimum Gasteiger partial charge on any atom is -0.361 e. The Morgan fingerprint density at radius 2 is 1.20 bits per heavy atom. The maximum atomic E-state index is 2.83. The highest BCUT2D eigenvalue weighted by atomic mass is 15.3. The number of rotatable bonds is 5. The summed E-state index contributed by atoms with van der Waals surface area (Å²) in [5, 5.41) is 2.71. The lowest BCUT2D eigenvalue weighted by Crippen LogP contribution is -2.47. The number of fused-ring (bicyclic) bond motifs is 3. The molecule has 2 nitrogen and oxygen atoms in total. The van der Waals surface area contributed by atoms with Gasteiger partial charge in [0, 0.05) is 39.6 Å². The Bertz CT molecular complexity index is 1290. The van der Waals surface area contributed by atoms with Gasteiger partial charge in [0.25, 0.3) is 0 Å². The molecule has 1 saturated heterocycles.